The molecule has 1 heterocycles. The van der Waals surface area contributed by atoms with Crippen LogP contribution in [0.4, 0.5) is 5.69 Å². The third-order valence-electron chi connectivity index (χ3n) is 4.49. The Kier molecular flexibility index (Phi) is 6.18. The molecule has 2 aromatic rings. The predicted octanol–water partition coefficient (Wildman–Crippen LogP) is 1.77. The number of nitrogens with zero attached hydrogens (tertiary/aromatic N) is 2. The van der Waals surface area contributed by atoms with E-state index in [2.05, 4.69) is 10.3 Å². The van der Waals surface area contributed by atoms with Crippen molar-refractivity contribution in [1.29, 1.82) is 0 Å². The van der Waals surface area contributed by atoms with Crippen LogP contribution in [-0.4, -0.2) is 40.0 Å². The molecule has 0 spiro atoms. The maximum atomic E-state index is 12.4. The number of carbonyl (C=O) groups is 1. The molecule has 0 unspecified atom stereocenters. The number of thioether (sulfide) groups is 1. The van der Waals surface area contributed by atoms with Crippen molar-refractivity contribution in [2.24, 2.45) is 0 Å². The van der Waals surface area contributed by atoms with E-state index in [0.717, 1.165) is 36.1 Å². The Hall–Kier alpha value is -2.32. The van der Waals surface area contributed by atoms with E-state index in [4.69, 9.17) is 9.84 Å². The smallest absolute Gasteiger partial charge is 0.348 e. The number of methoxy groups -OCH3 is 1. The van der Waals surface area contributed by atoms with Gasteiger partial charge in [-0.2, -0.15) is 4.98 Å². The summed E-state index contributed by atoms with van der Waals surface area (Å²) >= 11 is 1.27. The first-order valence-electron chi connectivity index (χ1n) is 8.84. The Labute approximate surface area is 161 Å². The van der Waals surface area contributed by atoms with Crippen LogP contribution in [0.15, 0.2) is 28.0 Å². The molecular weight excluding hydrogens is 366 g/mol. The number of hydrogen-bond acceptors (Lipinski definition) is 6. The lowest BCUT2D eigenvalue weighted by Crippen LogP contribution is -2.28. The molecule has 0 atom stereocenters. The van der Waals surface area contributed by atoms with Crippen molar-refractivity contribution in [3.63, 3.8) is 0 Å². The van der Waals surface area contributed by atoms with Gasteiger partial charge in [-0.1, -0.05) is 17.8 Å². The number of nitrogens with one attached hydrogen (secondary N) is 1. The van der Waals surface area contributed by atoms with Crippen LogP contribution in [-0.2, 0) is 24.2 Å². The number of aliphatic hydroxyl groups excluding tert-OH is 1. The van der Waals surface area contributed by atoms with Crippen LogP contribution in [0.25, 0.3) is 0 Å². The van der Waals surface area contributed by atoms with Crippen molar-refractivity contribution in [2.75, 3.05) is 24.8 Å². The number of rotatable bonds is 7. The second-order valence-electron chi connectivity index (χ2n) is 6.39. The highest BCUT2D eigenvalue weighted by Crippen LogP contribution is 2.30. The molecule has 3 rings (SSSR count). The monoisotopic (exact) mass is 389 g/mol. The lowest BCUT2D eigenvalue weighted by atomic mass is 10.2. The van der Waals surface area contributed by atoms with Crippen LogP contribution >= 0.6 is 11.8 Å². The molecule has 1 aliphatic carbocycles. The normalized spacial score (nSPS) is 12.7. The van der Waals surface area contributed by atoms with Crippen molar-refractivity contribution in [2.45, 2.75) is 37.8 Å². The number of ether oxygens (including phenoxy) is 1. The summed E-state index contributed by atoms with van der Waals surface area (Å²) in [6.07, 6.45) is 2.59. The van der Waals surface area contributed by atoms with E-state index in [9.17, 15) is 9.59 Å². The molecule has 27 heavy (non-hydrogen) atoms. The van der Waals surface area contributed by atoms with Gasteiger partial charge in [0.25, 0.3) is 0 Å². The van der Waals surface area contributed by atoms with Gasteiger partial charge >= 0.3 is 5.69 Å². The van der Waals surface area contributed by atoms with Gasteiger partial charge in [-0.3, -0.25) is 9.36 Å². The second-order valence-corrected chi connectivity index (χ2v) is 7.36. The van der Waals surface area contributed by atoms with Gasteiger partial charge < -0.3 is 15.2 Å². The fourth-order valence-corrected chi connectivity index (χ4v) is 4.15. The number of carbonyl (C=O) groups excluding carboxylic acids is 1. The van der Waals surface area contributed by atoms with Crippen molar-refractivity contribution >= 4 is 23.4 Å². The zero-order valence-corrected chi connectivity index (χ0v) is 16.3. The van der Waals surface area contributed by atoms with E-state index in [1.54, 1.807) is 11.7 Å². The lowest BCUT2D eigenvalue weighted by Gasteiger charge is -2.13. The van der Waals surface area contributed by atoms with E-state index >= 15 is 0 Å². The van der Waals surface area contributed by atoms with Crippen molar-refractivity contribution in [3.05, 3.63) is 45.5 Å². The van der Waals surface area contributed by atoms with E-state index in [0.29, 0.717) is 16.5 Å². The van der Waals surface area contributed by atoms with Gasteiger partial charge in [0.05, 0.1) is 31.7 Å². The number of aliphatic hydroxyl groups is 1. The van der Waals surface area contributed by atoms with Gasteiger partial charge in [0, 0.05) is 11.3 Å². The molecule has 1 aromatic carbocycles. The average molecular weight is 389 g/mol. The Bertz CT molecular complexity index is 911. The van der Waals surface area contributed by atoms with Gasteiger partial charge in [-0.05, 0) is 43.9 Å². The summed E-state index contributed by atoms with van der Waals surface area (Å²) in [5, 5.41) is 12.6. The van der Waals surface area contributed by atoms with E-state index in [1.807, 2.05) is 25.1 Å². The molecule has 0 aliphatic heterocycles. The van der Waals surface area contributed by atoms with Gasteiger partial charge in [0.15, 0.2) is 0 Å². The molecule has 0 saturated heterocycles. The zero-order valence-electron chi connectivity index (χ0n) is 15.4. The molecule has 2 N–H and O–H groups in total. The zero-order chi connectivity index (χ0) is 19.4. The van der Waals surface area contributed by atoms with E-state index < -0.39 is 0 Å². The standard InChI is InChI=1S/C19H23N3O4S/c1-12-6-7-16(26-2)14(10-12)20-17(24)11-27-18-13-4-3-5-15(13)22(8-9-23)19(25)21-18/h6-7,10,23H,3-5,8-9,11H2,1-2H3,(H,20,24). The summed E-state index contributed by atoms with van der Waals surface area (Å²) in [7, 11) is 1.56. The first kappa shape index (κ1) is 19.4. The molecule has 1 aromatic heterocycles. The summed E-state index contributed by atoms with van der Waals surface area (Å²) in [6.45, 7) is 2.10. The fraction of sp³-hybridized carbons (Fsp3) is 0.421. The molecule has 144 valence electrons. The minimum atomic E-state index is -0.368. The van der Waals surface area contributed by atoms with Crippen LogP contribution in [0.1, 0.15) is 23.2 Å². The molecule has 0 bridgehead atoms. The SMILES string of the molecule is COc1ccc(C)cc1NC(=O)CSc1nc(=O)n(CCO)c2c1CCC2. The summed E-state index contributed by atoms with van der Waals surface area (Å²) in [4.78, 5) is 28.8. The first-order chi connectivity index (χ1) is 13.0. The highest BCUT2D eigenvalue weighted by Gasteiger charge is 2.22. The number of amides is 1. The summed E-state index contributed by atoms with van der Waals surface area (Å²) in [6, 6.07) is 5.58. The third-order valence-corrected chi connectivity index (χ3v) is 5.51. The van der Waals surface area contributed by atoms with Crippen molar-refractivity contribution in [3.8, 4) is 5.75 Å². The largest absolute Gasteiger partial charge is 0.495 e. The average Bonchev–Trinajstić information content (AvgIpc) is 3.12. The molecule has 0 fully saturated rings. The Morgan fingerprint density at radius 2 is 2.22 bits per heavy atom. The molecule has 1 amide bonds. The number of anilines is 1. The van der Waals surface area contributed by atoms with Gasteiger partial charge in [0.2, 0.25) is 5.91 Å². The quantitative estimate of drug-likeness (QED) is 0.554. The van der Waals surface area contributed by atoms with Crippen LogP contribution in [0.3, 0.4) is 0 Å². The summed E-state index contributed by atoms with van der Waals surface area (Å²) in [5.41, 5.74) is 3.24. The fourth-order valence-electron chi connectivity index (χ4n) is 3.28. The number of aromatic nitrogens is 2. The topological polar surface area (TPSA) is 93.5 Å². The predicted molar refractivity (Wildman–Crippen MR) is 105 cm³/mol. The highest BCUT2D eigenvalue weighted by atomic mass is 32.2. The van der Waals surface area contributed by atoms with Gasteiger partial charge in [-0.25, -0.2) is 4.79 Å². The van der Waals surface area contributed by atoms with Crippen LogP contribution in [0, 0.1) is 6.92 Å². The number of benzene rings is 1. The van der Waals surface area contributed by atoms with Gasteiger partial charge in [-0.15, -0.1) is 0 Å². The maximum absolute atomic E-state index is 12.4. The van der Waals surface area contributed by atoms with Crippen LogP contribution in [0.2, 0.25) is 0 Å². The lowest BCUT2D eigenvalue weighted by molar-refractivity contribution is -0.113. The molecular formula is C19H23N3O4S. The molecule has 0 saturated carbocycles. The minimum Gasteiger partial charge on any atom is -0.495 e. The van der Waals surface area contributed by atoms with E-state index in [-0.39, 0.29) is 30.5 Å². The maximum Gasteiger partial charge on any atom is 0.348 e. The van der Waals surface area contributed by atoms with Gasteiger partial charge in [0.1, 0.15) is 10.8 Å². The Morgan fingerprint density at radius 1 is 1.41 bits per heavy atom. The van der Waals surface area contributed by atoms with Crippen LogP contribution in [0.5, 0.6) is 5.75 Å². The van der Waals surface area contributed by atoms with Crippen molar-refractivity contribution < 1.29 is 14.6 Å². The second kappa shape index (κ2) is 8.58. The Morgan fingerprint density at radius 3 is 2.96 bits per heavy atom. The molecule has 0 radical (unpaired) electrons. The molecule has 1 aliphatic rings. The number of fused-ring (bicyclic) bond motifs is 1. The number of aryl methyl sites for hydroxylation is 1. The van der Waals surface area contributed by atoms with Crippen LogP contribution < -0.4 is 15.7 Å². The summed E-state index contributed by atoms with van der Waals surface area (Å²) in [5.74, 6) is 0.571. The minimum absolute atomic E-state index is 0.0960. The molecule has 8 heteroatoms. The highest BCUT2D eigenvalue weighted by molar-refractivity contribution is 8.00. The summed E-state index contributed by atoms with van der Waals surface area (Å²) < 4.78 is 6.82. The van der Waals surface area contributed by atoms with E-state index in [1.165, 1.54) is 11.8 Å². The third kappa shape index (κ3) is 4.33. The first-order valence-corrected chi connectivity index (χ1v) is 9.82. The number of hydrogen-bond donors (Lipinski definition) is 2. The molecule has 7 nitrogen and oxygen atoms in total. The van der Waals surface area contributed by atoms with Crippen molar-refractivity contribution in [1.82, 2.24) is 9.55 Å². The Balaban J connectivity index is 1.73.